The average Bonchev–Trinajstić information content (AvgIpc) is 2.76. The first-order valence-corrected chi connectivity index (χ1v) is 7.65. The first-order valence-electron chi connectivity index (χ1n) is 7.65. The number of nitrogens with one attached hydrogen (secondary N) is 1. The maximum absolute atomic E-state index is 6.44. The van der Waals surface area contributed by atoms with Gasteiger partial charge in [0.05, 0.1) is 11.7 Å². The molecule has 1 spiro atoms. The summed E-state index contributed by atoms with van der Waals surface area (Å²) in [6, 6.07) is 0. The average molecular weight is 237 g/mol. The Morgan fingerprint density at radius 1 is 1.12 bits per heavy atom. The highest BCUT2D eigenvalue weighted by molar-refractivity contribution is 5.00. The molecule has 3 fully saturated rings. The molecule has 1 atom stereocenters. The highest BCUT2D eigenvalue weighted by Crippen LogP contribution is 2.53. The van der Waals surface area contributed by atoms with Crippen LogP contribution in [-0.4, -0.2) is 24.8 Å². The molecule has 0 bridgehead atoms. The van der Waals surface area contributed by atoms with E-state index in [0.717, 1.165) is 6.54 Å². The van der Waals surface area contributed by atoms with E-state index in [1.807, 2.05) is 0 Å². The van der Waals surface area contributed by atoms with Gasteiger partial charge >= 0.3 is 0 Å². The fourth-order valence-electron chi connectivity index (χ4n) is 3.93. The highest BCUT2D eigenvalue weighted by atomic mass is 16.5. The van der Waals surface area contributed by atoms with Gasteiger partial charge in [0, 0.05) is 6.54 Å². The van der Waals surface area contributed by atoms with Crippen molar-refractivity contribution in [2.75, 3.05) is 13.1 Å². The predicted molar refractivity (Wildman–Crippen MR) is 70.1 cm³/mol. The molecule has 3 rings (SSSR count). The Kier molecular flexibility index (Phi) is 3.20. The quantitative estimate of drug-likeness (QED) is 0.792. The number of rotatable bonds is 5. The Bertz CT molecular complexity index is 266. The van der Waals surface area contributed by atoms with Crippen molar-refractivity contribution in [2.24, 2.45) is 5.41 Å². The molecule has 0 aromatic heterocycles. The molecule has 98 valence electrons. The van der Waals surface area contributed by atoms with Gasteiger partial charge in [-0.25, -0.2) is 0 Å². The molecular weight excluding hydrogens is 210 g/mol. The van der Waals surface area contributed by atoms with Crippen LogP contribution in [0, 0.1) is 5.41 Å². The van der Waals surface area contributed by atoms with Gasteiger partial charge in [0.15, 0.2) is 0 Å². The third-order valence-electron chi connectivity index (χ3n) is 5.22. The number of ether oxygens (including phenoxy) is 1. The molecule has 0 aromatic carbocycles. The lowest BCUT2D eigenvalue weighted by Gasteiger charge is -2.26. The third kappa shape index (κ3) is 2.53. The molecule has 2 nitrogen and oxygen atoms in total. The molecule has 17 heavy (non-hydrogen) atoms. The topological polar surface area (TPSA) is 21.3 Å². The summed E-state index contributed by atoms with van der Waals surface area (Å²) in [7, 11) is 0. The van der Waals surface area contributed by atoms with E-state index in [9.17, 15) is 0 Å². The number of hydrogen-bond acceptors (Lipinski definition) is 2. The molecule has 0 aromatic rings. The first kappa shape index (κ1) is 12.0. The van der Waals surface area contributed by atoms with Crippen molar-refractivity contribution in [3.05, 3.63) is 0 Å². The minimum absolute atomic E-state index is 0.332. The largest absolute Gasteiger partial charge is 0.372 e. The summed E-state index contributed by atoms with van der Waals surface area (Å²) in [5.74, 6) is 0. The normalized spacial score (nSPS) is 33.4. The summed E-state index contributed by atoms with van der Waals surface area (Å²) in [5, 5.41) is 3.53. The standard InChI is InChI=1S/C15H27NO/c1-2-16-12-14(9-10-14)11-13-5-8-15(17-13)6-3-4-7-15/h13,16H,2-12H2,1H3. The van der Waals surface area contributed by atoms with E-state index >= 15 is 0 Å². The molecule has 2 saturated carbocycles. The fraction of sp³-hybridized carbons (Fsp3) is 1.00. The van der Waals surface area contributed by atoms with E-state index in [1.165, 1.54) is 64.3 Å². The molecule has 2 heteroatoms. The van der Waals surface area contributed by atoms with Crippen LogP contribution in [0.25, 0.3) is 0 Å². The monoisotopic (exact) mass is 237 g/mol. The van der Waals surface area contributed by atoms with Crippen molar-refractivity contribution < 1.29 is 4.74 Å². The summed E-state index contributed by atoms with van der Waals surface area (Å²) < 4.78 is 6.44. The Morgan fingerprint density at radius 3 is 2.53 bits per heavy atom. The van der Waals surface area contributed by atoms with Gasteiger partial charge in [0.25, 0.3) is 0 Å². The molecule has 1 saturated heterocycles. The second kappa shape index (κ2) is 4.55. The van der Waals surface area contributed by atoms with E-state index in [-0.39, 0.29) is 0 Å². The van der Waals surface area contributed by atoms with Gasteiger partial charge in [-0.3, -0.25) is 0 Å². The van der Waals surface area contributed by atoms with E-state index < -0.39 is 0 Å². The third-order valence-corrected chi connectivity index (χ3v) is 5.22. The van der Waals surface area contributed by atoms with Crippen LogP contribution >= 0.6 is 0 Å². The zero-order valence-corrected chi connectivity index (χ0v) is 11.3. The minimum atomic E-state index is 0.332. The lowest BCUT2D eigenvalue weighted by atomic mass is 9.94. The fourth-order valence-corrected chi connectivity index (χ4v) is 3.93. The lowest BCUT2D eigenvalue weighted by Crippen LogP contribution is -2.29. The zero-order valence-electron chi connectivity index (χ0n) is 11.3. The van der Waals surface area contributed by atoms with Crippen molar-refractivity contribution in [2.45, 2.75) is 76.4 Å². The summed E-state index contributed by atoms with van der Waals surface area (Å²) in [4.78, 5) is 0. The SMILES string of the molecule is CCNCC1(CC2CCC3(CCCC3)O2)CC1. The predicted octanol–water partition coefficient (Wildman–Crippen LogP) is 3.26. The highest BCUT2D eigenvalue weighted by Gasteiger charge is 2.48. The Balaban J connectivity index is 1.50. The number of hydrogen-bond donors (Lipinski definition) is 1. The van der Waals surface area contributed by atoms with Gasteiger partial charge in [-0.1, -0.05) is 19.8 Å². The van der Waals surface area contributed by atoms with Crippen LogP contribution in [0.4, 0.5) is 0 Å². The Hall–Kier alpha value is -0.0800. The van der Waals surface area contributed by atoms with Crippen LogP contribution in [0.15, 0.2) is 0 Å². The van der Waals surface area contributed by atoms with Crippen molar-refractivity contribution >= 4 is 0 Å². The van der Waals surface area contributed by atoms with Crippen LogP contribution < -0.4 is 5.32 Å². The molecule has 2 aliphatic carbocycles. The molecule has 0 amide bonds. The maximum atomic E-state index is 6.44. The van der Waals surface area contributed by atoms with E-state index in [0.29, 0.717) is 17.1 Å². The van der Waals surface area contributed by atoms with Crippen molar-refractivity contribution in [3.63, 3.8) is 0 Å². The first-order chi connectivity index (χ1) is 8.26. The summed E-state index contributed by atoms with van der Waals surface area (Å²) in [6.07, 6.45) is 12.9. The Morgan fingerprint density at radius 2 is 1.88 bits per heavy atom. The van der Waals surface area contributed by atoms with Gasteiger partial charge in [0.1, 0.15) is 0 Å². The molecule has 1 heterocycles. The second-order valence-electron chi connectivity index (χ2n) is 6.65. The van der Waals surface area contributed by atoms with Crippen molar-refractivity contribution in [1.82, 2.24) is 5.32 Å². The van der Waals surface area contributed by atoms with Crippen LogP contribution in [0.1, 0.15) is 64.7 Å². The van der Waals surface area contributed by atoms with Crippen molar-refractivity contribution in [1.29, 1.82) is 0 Å². The summed E-state index contributed by atoms with van der Waals surface area (Å²) in [5.41, 5.74) is 0.948. The van der Waals surface area contributed by atoms with Crippen LogP contribution in [0.5, 0.6) is 0 Å². The van der Waals surface area contributed by atoms with Crippen LogP contribution in [0.3, 0.4) is 0 Å². The maximum Gasteiger partial charge on any atom is 0.0687 e. The van der Waals surface area contributed by atoms with Gasteiger partial charge in [-0.2, -0.15) is 0 Å². The molecular formula is C15H27NO. The lowest BCUT2D eigenvalue weighted by molar-refractivity contribution is -0.0457. The van der Waals surface area contributed by atoms with Crippen LogP contribution in [-0.2, 0) is 4.74 Å². The molecule has 1 unspecified atom stereocenters. The summed E-state index contributed by atoms with van der Waals surface area (Å²) in [6.45, 7) is 4.53. The molecule has 1 N–H and O–H groups in total. The van der Waals surface area contributed by atoms with Crippen LogP contribution in [0.2, 0.25) is 0 Å². The van der Waals surface area contributed by atoms with Gasteiger partial charge in [-0.15, -0.1) is 0 Å². The second-order valence-corrected chi connectivity index (χ2v) is 6.65. The Labute approximate surface area is 105 Å². The van der Waals surface area contributed by atoms with Gasteiger partial charge < -0.3 is 10.1 Å². The van der Waals surface area contributed by atoms with Crippen molar-refractivity contribution in [3.8, 4) is 0 Å². The van der Waals surface area contributed by atoms with E-state index in [2.05, 4.69) is 12.2 Å². The molecule has 3 aliphatic rings. The summed E-state index contributed by atoms with van der Waals surface area (Å²) >= 11 is 0. The van der Waals surface area contributed by atoms with E-state index in [1.54, 1.807) is 0 Å². The van der Waals surface area contributed by atoms with Gasteiger partial charge in [0.2, 0.25) is 0 Å². The van der Waals surface area contributed by atoms with E-state index in [4.69, 9.17) is 4.74 Å². The minimum Gasteiger partial charge on any atom is -0.372 e. The smallest absolute Gasteiger partial charge is 0.0687 e. The molecule has 0 radical (unpaired) electrons. The molecule has 1 aliphatic heterocycles. The van der Waals surface area contributed by atoms with Gasteiger partial charge in [-0.05, 0) is 56.9 Å². The zero-order chi connectivity index (χ0) is 11.8.